The predicted molar refractivity (Wildman–Crippen MR) is 71.7 cm³/mol. The van der Waals surface area contributed by atoms with Gasteiger partial charge in [-0.25, -0.2) is 0 Å². The lowest BCUT2D eigenvalue weighted by Crippen LogP contribution is -2.41. The number of rotatable bonds is 9. The summed E-state index contributed by atoms with van der Waals surface area (Å²) in [5, 5.41) is 13.4. The molecule has 0 aromatic heterocycles. The molecule has 2 N–H and O–H groups in total. The van der Waals surface area contributed by atoms with Crippen LogP contribution in [0, 0.1) is 5.92 Å². The molecule has 0 aliphatic heterocycles. The molecule has 0 bridgehead atoms. The average Bonchev–Trinajstić information content (AvgIpc) is 2.14. The minimum absolute atomic E-state index is 0.516. The van der Waals surface area contributed by atoms with Crippen LogP contribution < -0.4 is 5.32 Å². The Morgan fingerprint density at radius 1 is 1.19 bits per heavy atom. The minimum Gasteiger partial charge on any atom is -0.389 e. The summed E-state index contributed by atoms with van der Waals surface area (Å²) in [7, 11) is 0. The summed E-state index contributed by atoms with van der Waals surface area (Å²) in [5.41, 5.74) is -0.541. The molecule has 0 aromatic carbocycles. The van der Waals surface area contributed by atoms with Crippen molar-refractivity contribution in [2.75, 3.05) is 6.54 Å². The third-order valence-corrected chi connectivity index (χ3v) is 3.04. The topological polar surface area (TPSA) is 32.3 Å². The first kappa shape index (κ1) is 15.9. The molecule has 0 spiro atoms. The van der Waals surface area contributed by atoms with Crippen LogP contribution in [0.4, 0.5) is 0 Å². The second-order valence-electron chi connectivity index (χ2n) is 5.85. The van der Waals surface area contributed by atoms with E-state index in [1.54, 1.807) is 0 Å². The van der Waals surface area contributed by atoms with Crippen molar-refractivity contribution in [1.82, 2.24) is 5.32 Å². The number of nitrogens with one attached hydrogen (secondary N) is 1. The van der Waals surface area contributed by atoms with Crippen molar-refractivity contribution in [3.8, 4) is 0 Å². The zero-order valence-electron chi connectivity index (χ0n) is 11.8. The van der Waals surface area contributed by atoms with Crippen LogP contribution in [0.2, 0.25) is 0 Å². The molecule has 98 valence electrons. The maximum Gasteiger partial charge on any atom is 0.0743 e. The summed E-state index contributed by atoms with van der Waals surface area (Å²) in [4.78, 5) is 0. The van der Waals surface area contributed by atoms with Gasteiger partial charge in [0.05, 0.1) is 5.60 Å². The normalized spacial score (nSPS) is 17.4. The van der Waals surface area contributed by atoms with Gasteiger partial charge in [0.15, 0.2) is 0 Å². The van der Waals surface area contributed by atoms with Crippen LogP contribution >= 0.6 is 0 Å². The van der Waals surface area contributed by atoms with Crippen LogP contribution in [0.5, 0.6) is 0 Å². The molecular weight excluding hydrogens is 198 g/mol. The SMILES string of the molecule is CCCC(C)(O)CNC(C)CCCC(C)C. The Bertz CT molecular complexity index is 166. The van der Waals surface area contributed by atoms with Crippen molar-refractivity contribution in [1.29, 1.82) is 0 Å². The van der Waals surface area contributed by atoms with Crippen LogP contribution in [-0.2, 0) is 0 Å². The average molecular weight is 229 g/mol. The van der Waals surface area contributed by atoms with Gasteiger partial charge < -0.3 is 10.4 Å². The van der Waals surface area contributed by atoms with E-state index in [-0.39, 0.29) is 0 Å². The van der Waals surface area contributed by atoms with Gasteiger partial charge in [-0.15, -0.1) is 0 Å². The molecule has 0 aliphatic carbocycles. The highest BCUT2D eigenvalue weighted by Gasteiger charge is 2.19. The van der Waals surface area contributed by atoms with Crippen molar-refractivity contribution in [3.63, 3.8) is 0 Å². The van der Waals surface area contributed by atoms with Crippen LogP contribution in [0.3, 0.4) is 0 Å². The van der Waals surface area contributed by atoms with Gasteiger partial charge >= 0.3 is 0 Å². The number of aliphatic hydroxyl groups is 1. The van der Waals surface area contributed by atoms with E-state index in [1.807, 2.05) is 6.92 Å². The van der Waals surface area contributed by atoms with Crippen molar-refractivity contribution in [2.24, 2.45) is 5.92 Å². The smallest absolute Gasteiger partial charge is 0.0743 e. The molecule has 2 nitrogen and oxygen atoms in total. The molecule has 0 rings (SSSR count). The van der Waals surface area contributed by atoms with Gasteiger partial charge in [0.25, 0.3) is 0 Å². The van der Waals surface area contributed by atoms with Crippen LogP contribution in [0.25, 0.3) is 0 Å². The third kappa shape index (κ3) is 9.17. The third-order valence-electron chi connectivity index (χ3n) is 3.04. The van der Waals surface area contributed by atoms with Gasteiger partial charge in [-0.05, 0) is 32.6 Å². The zero-order valence-corrected chi connectivity index (χ0v) is 11.8. The van der Waals surface area contributed by atoms with E-state index >= 15 is 0 Å². The molecule has 0 amide bonds. The molecular formula is C14H31NO. The van der Waals surface area contributed by atoms with Gasteiger partial charge in [-0.1, -0.05) is 40.0 Å². The summed E-state index contributed by atoms with van der Waals surface area (Å²) >= 11 is 0. The van der Waals surface area contributed by atoms with Crippen molar-refractivity contribution < 1.29 is 5.11 Å². The molecule has 2 atom stereocenters. The maximum absolute atomic E-state index is 10.0. The molecule has 0 heterocycles. The standard InChI is InChI=1S/C14H31NO/c1-6-10-14(5,16)11-15-13(4)9-7-8-12(2)3/h12-13,15-16H,6-11H2,1-5H3. The highest BCUT2D eigenvalue weighted by molar-refractivity contribution is 4.76. The fraction of sp³-hybridized carbons (Fsp3) is 1.00. The highest BCUT2D eigenvalue weighted by atomic mass is 16.3. The maximum atomic E-state index is 10.0. The highest BCUT2D eigenvalue weighted by Crippen LogP contribution is 2.12. The number of hydrogen-bond acceptors (Lipinski definition) is 2. The first-order valence-corrected chi connectivity index (χ1v) is 6.83. The van der Waals surface area contributed by atoms with E-state index in [0.717, 1.165) is 18.8 Å². The Kier molecular flexibility index (Phi) is 8.04. The predicted octanol–water partition coefficient (Wildman–Crippen LogP) is 3.34. The van der Waals surface area contributed by atoms with E-state index < -0.39 is 5.60 Å². The van der Waals surface area contributed by atoms with E-state index in [1.165, 1.54) is 19.3 Å². The molecule has 2 unspecified atom stereocenters. The summed E-state index contributed by atoms with van der Waals surface area (Å²) in [6, 6.07) is 0.516. The summed E-state index contributed by atoms with van der Waals surface area (Å²) in [5.74, 6) is 0.801. The first-order valence-electron chi connectivity index (χ1n) is 6.83. The Balaban J connectivity index is 3.60. The Morgan fingerprint density at radius 2 is 1.81 bits per heavy atom. The monoisotopic (exact) mass is 229 g/mol. The summed E-state index contributed by atoms with van der Waals surface area (Å²) in [6.07, 6.45) is 5.70. The van der Waals surface area contributed by atoms with Gasteiger partial charge in [0.1, 0.15) is 0 Å². The number of hydrogen-bond donors (Lipinski definition) is 2. The fourth-order valence-electron chi connectivity index (χ4n) is 1.96. The summed E-state index contributed by atoms with van der Waals surface area (Å²) in [6.45, 7) is 11.5. The van der Waals surface area contributed by atoms with Crippen LogP contribution in [0.1, 0.15) is 66.7 Å². The molecule has 0 aromatic rings. The largest absolute Gasteiger partial charge is 0.389 e. The molecule has 0 radical (unpaired) electrons. The lowest BCUT2D eigenvalue weighted by molar-refractivity contribution is 0.0473. The molecule has 16 heavy (non-hydrogen) atoms. The van der Waals surface area contributed by atoms with Crippen molar-refractivity contribution >= 4 is 0 Å². The molecule has 0 saturated heterocycles. The van der Waals surface area contributed by atoms with E-state index in [9.17, 15) is 5.11 Å². The zero-order chi connectivity index (χ0) is 12.6. The second-order valence-corrected chi connectivity index (χ2v) is 5.85. The minimum atomic E-state index is -0.541. The Morgan fingerprint density at radius 3 is 2.31 bits per heavy atom. The fourth-order valence-corrected chi connectivity index (χ4v) is 1.96. The lowest BCUT2D eigenvalue weighted by Gasteiger charge is -2.25. The van der Waals surface area contributed by atoms with Crippen molar-refractivity contribution in [3.05, 3.63) is 0 Å². The van der Waals surface area contributed by atoms with Gasteiger partial charge in [-0.2, -0.15) is 0 Å². The van der Waals surface area contributed by atoms with Crippen LogP contribution in [-0.4, -0.2) is 23.3 Å². The molecule has 2 heteroatoms. The van der Waals surface area contributed by atoms with E-state index in [0.29, 0.717) is 12.6 Å². The van der Waals surface area contributed by atoms with E-state index in [2.05, 4.69) is 33.0 Å². The summed E-state index contributed by atoms with van der Waals surface area (Å²) < 4.78 is 0. The molecule has 0 aliphatic rings. The Hall–Kier alpha value is -0.0800. The van der Waals surface area contributed by atoms with Gasteiger partial charge in [-0.3, -0.25) is 0 Å². The Labute approximate surface area is 102 Å². The molecule has 0 saturated carbocycles. The van der Waals surface area contributed by atoms with Crippen molar-refractivity contribution in [2.45, 2.75) is 78.4 Å². The first-order chi connectivity index (χ1) is 7.37. The molecule has 0 fully saturated rings. The second kappa shape index (κ2) is 8.08. The van der Waals surface area contributed by atoms with Gasteiger partial charge in [0, 0.05) is 12.6 Å². The lowest BCUT2D eigenvalue weighted by atomic mass is 9.99. The van der Waals surface area contributed by atoms with Gasteiger partial charge in [0.2, 0.25) is 0 Å². The van der Waals surface area contributed by atoms with Crippen LogP contribution in [0.15, 0.2) is 0 Å². The quantitative estimate of drug-likeness (QED) is 0.635. The van der Waals surface area contributed by atoms with E-state index in [4.69, 9.17) is 0 Å².